The van der Waals surface area contributed by atoms with Crippen LogP contribution < -0.4 is 10.5 Å². The van der Waals surface area contributed by atoms with Crippen molar-refractivity contribution in [1.29, 1.82) is 0 Å². The Morgan fingerprint density at radius 2 is 2.13 bits per heavy atom. The largest absolute Gasteiger partial charge is 0.475 e. The normalized spacial score (nSPS) is 10.7. The number of aromatic nitrogens is 1. The molecular weight excluding hydrogens is 216 g/mol. The summed E-state index contributed by atoms with van der Waals surface area (Å²) >= 11 is 5.71. The minimum atomic E-state index is 0.200. The van der Waals surface area contributed by atoms with Crippen LogP contribution >= 0.6 is 11.6 Å². The zero-order chi connectivity index (χ0) is 11.3. The molecule has 0 bridgehead atoms. The van der Waals surface area contributed by atoms with Gasteiger partial charge in [-0.15, -0.1) is 0 Å². The van der Waals surface area contributed by atoms with Crippen molar-refractivity contribution in [3.63, 3.8) is 0 Å². The van der Waals surface area contributed by atoms with Crippen LogP contribution in [0.5, 0.6) is 5.88 Å². The number of ether oxygens (including phenoxy) is 2. The zero-order valence-electron chi connectivity index (χ0n) is 8.87. The van der Waals surface area contributed by atoms with Gasteiger partial charge in [-0.3, -0.25) is 0 Å². The molecule has 2 N–H and O–H groups in total. The third-order valence-corrected chi connectivity index (χ3v) is 1.77. The number of nitrogens with two attached hydrogens (primary N) is 1. The smallest absolute Gasteiger partial charge is 0.216 e. The maximum Gasteiger partial charge on any atom is 0.216 e. The lowest BCUT2D eigenvalue weighted by atomic mass is 10.4. The predicted octanol–water partition coefficient (Wildman–Crippen LogP) is 2.12. The quantitative estimate of drug-likeness (QED) is 0.622. The number of hydrogen-bond acceptors (Lipinski definition) is 4. The van der Waals surface area contributed by atoms with Crippen molar-refractivity contribution in [1.82, 2.24) is 4.98 Å². The van der Waals surface area contributed by atoms with E-state index in [0.717, 1.165) is 0 Å². The molecule has 1 aromatic rings. The Kier molecular flexibility index (Phi) is 4.65. The van der Waals surface area contributed by atoms with Gasteiger partial charge in [-0.05, 0) is 19.9 Å². The van der Waals surface area contributed by atoms with Crippen LogP contribution in [0, 0.1) is 0 Å². The summed E-state index contributed by atoms with van der Waals surface area (Å²) in [5.74, 6) is 0.423. The molecule has 0 spiro atoms. The Morgan fingerprint density at radius 1 is 1.40 bits per heavy atom. The van der Waals surface area contributed by atoms with Crippen LogP contribution in [0.3, 0.4) is 0 Å². The van der Waals surface area contributed by atoms with Crippen LogP contribution in [0.1, 0.15) is 13.8 Å². The van der Waals surface area contributed by atoms with Crippen LogP contribution in [-0.2, 0) is 4.74 Å². The van der Waals surface area contributed by atoms with Gasteiger partial charge in [-0.1, -0.05) is 11.6 Å². The molecule has 5 heteroatoms. The van der Waals surface area contributed by atoms with Crippen molar-refractivity contribution in [2.24, 2.45) is 0 Å². The van der Waals surface area contributed by atoms with Gasteiger partial charge in [-0.2, -0.15) is 0 Å². The molecule has 0 saturated carbocycles. The fourth-order valence-electron chi connectivity index (χ4n) is 0.996. The molecule has 0 radical (unpaired) electrons. The van der Waals surface area contributed by atoms with E-state index in [-0.39, 0.29) is 6.10 Å². The minimum Gasteiger partial charge on any atom is -0.475 e. The number of anilines is 1. The lowest BCUT2D eigenvalue weighted by Gasteiger charge is -2.09. The Labute approximate surface area is 94.3 Å². The Hall–Kier alpha value is -1.00. The highest BCUT2D eigenvalue weighted by molar-refractivity contribution is 6.29. The zero-order valence-corrected chi connectivity index (χ0v) is 9.62. The standard InChI is InChI=1S/C10H15ClN2O2/c1-7(2)14-3-4-15-10-6-8(12)5-9(11)13-10/h5-7H,3-4H2,1-2H3,(H2,12,13). The molecule has 0 amide bonds. The van der Waals surface area contributed by atoms with E-state index in [1.54, 1.807) is 12.1 Å². The molecular formula is C10H15ClN2O2. The van der Waals surface area contributed by atoms with Crippen LogP contribution in [-0.4, -0.2) is 24.3 Å². The topological polar surface area (TPSA) is 57.4 Å². The summed E-state index contributed by atoms with van der Waals surface area (Å²) in [6.45, 7) is 4.89. The molecule has 1 rings (SSSR count). The van der Waals surface area contributed by atoms with Crippen LogP contribution in [0.4, 0.5) is 5.69 Å². The van der Waals surface area contributed by atoms with Gasteiger partial charge >= 0.3 is 0 Å². The monoisotopic (exact) mass is 230 g/mol. The average Bonchev–Trinajstić information content (AvgIpc) is 2.10. The summed E-state index contributed by atoms with van der Waals surface area (Å²) in [5, 5.41) is 0.328. The van der Waals surface area contributed by atoms with E-state index in [0.29, 0.717) is 29.9 Å². The first-order chi connectivity index (χ1) is 7.08. The van der Waals surface area contributed by atoms with Gasteiger partial charge in [0.15, 0.2) is 0 Å². The summed E-state index contributed by atoms with van der Waals surface area (Å²) in [6, 6.07) is 3.19. The number of pyridine rings is 1. The highest BCUT2D eigenvalue weighted by Gasteiger charge is 2.00. The second-order valence-electron chi connectivity index (χ2n) is 3.33. The van der Waals surface area contributed by atoms with Crippen molar-refractivity contribution in [3.05, 3.63) is 17.3 Å². The molecule has 0 saturated heterocycles. The number of nitrogens with zero attached hydrogens (tertiary/aromatic N) is 1. The molecule has 0 aromatic carbocycles. The van der Waals surface area contributed by atoms with Gasteiger partial charge < -0.3 is 15.2 Å². The second kappa shape index (κ2) is 5.78. The molecule has 0 aliphatic carbocycles. The molecule has 1 heterocycles. The first-order valence-electron chi connectivity index (χ1n) is 4.75. The van der Waals surface area contributed by atoms with E-state index < -0.39 is 0 Å². The highest BCUT2D eigenvalue weighted by Crippen LogP contribution is 2.17. The summed E-state index contributed by atoms with van der Waals surface area (Å²) in [5.41, 5.74) is 6.11. The molecule has 0 atom stereocenters. The molecule has 4 nitrogen and oxygen atoms in total. The van der Waals surface area contributed by atoms with Gasteiger partial charge in [-0.25, -0.2) is 4.98 Å². The maximum atomic E-state index is 5.71. The summed E-state index contributed by atoms with van der Waals surface area (Å²) in [6.07, 6.45) is 0.200. The third-order valence-electron chi connectivity index (χ3n) is 1.58. The summed E-state index contributed by atoms with van der Waals surface area (Å²) < 4.78 is 10.6. The minimum absolute atomic E-state index is 0.200. The first-order valence-corrected chi connectivity index (χ1v) is 5.13. The Balaban J connectivity index is 2.37. The molecule has 0 aliphatic rings. The van der Waals surface area contributed by atoms with E-state index in [1.165, 1.54) is 0 Å². The SMILES string of the molecule is CC(C)OCCOc1cc(N)cc(Cl)n1. The van der Waals surface area contributed by atoms with E-state index in [4.69, 9.17) is 26.8 Å². The fraction of sp³-hybridized carbons (Fsp3) is 0.500. The molecule has 1 aromatic heterocycles. The maximum absolute atomic E-state index is 5.71. The first kappa shape index (κ1) is 12.1. The van der Waals surface area contributed by atoms with Gasteiger partial charge in [0.25, 0.3) is 0 Å². The van der Waals surface area contributed by atoms with Crippen molar-refractivity contribution in [2.45, 2.75) is 20.0 Å². The van der Waals surface area contributed by atoms with Gasteiger partial charge in [0, 0.05) is 11.8 Å². The summed E-state index contributed by atoms with van der Waals surface area (Å²) in [4.78, 5) is 3.96. The van der Waals surface area contributed by atoms with Crippen molar-refractivity contribution < 1.29 is 9.47 Å². The third kappa shape index (κ3) is 4.85. The van der Waals surface area contributed by atoms with Gasteiger partial charge in [0.05, 0.1) is 12.7 Å². The molecule has 15 heavy (non-hydrogen) atoms. The van der Waals surface area contributed by atoms with E-state index in [2.05, 4.69) is 4.98 Å². The van der Waals surface area contributed by atoms with Crippen LogP contribution in [0.25, 0.3) is 0 Å². The highest BCUT2D eigenvalue weighted by atomic mass is 35.5. The molecule has 0 aliphatic heterocycles. The van der Waals surface area contributed by atoms with E-state index in [9.17, 15) is 0 Å². The van der Waals surface area contributed by atoms with E-state index in [1.807, 2.05) is 13.8 Å². The van der Waals surface area contributed by atoms with Gasteiger partial charge in [0.2, 0.25) is 5.88 Å². The Morgan fingerprint density at radius 3 is 2.73 bits per heavy atom. The number of hydrogen-bond donors (Lipinski definition) is 1. The van der Waals surface area contributed by atoms with Crippen molar-refractivity contribution in [3.8, 4) is 5.88 Å². The van der Waals surface area contributed by atoms with E-state index >= 15 is 0 Å². The van der Waals surface area contributed by atoms with Crippen molar-refractivity contribution >= 4 is 17.3 Å². The number of nitrogen functional groups attached to an aromatic ring is 1. The lowest BCUT2D eigenvalue weighted by Crippen LogP contribution is -2.11. The average molecular weight is 231 g/mol. The molecule has 0 fully saturated rings. The lowest BCUT2D eigenvalue weighted by molar-refractivity contribution is 0.0543. The number of halogens is 1. The summed E-state index contributed by atoms with van der Waals surface area (Å²) in [7, 11) is 0. The molecule has 84 valence electrons. The molecule has 0 unspecified atom stereocenters. The van der Waals surface area contributed by atoms with Crippen LogP contribution in [0.15, 0.2) is 12.1 Å². The van der Waals surface area contributed by atoms with Gasteiger partial charge in [0.1, 0.15) is 11.8 Å². The predicted molar refractivity (Wildman–Crippen MR) is 60.2 cm³/mol. The number of rotatable bonds is 5. The van der Waals surface area contributed by atoms with Crippen molar-refractivity contribution in [2.75, 3.05) is 18.9 Å². The fourth-order valence-corrected chi connectivity index (χ4v) is 1.20. The second-order valence-corrected chi connectivity index (χ2v) is 3.72. The Bertz CT molecular complexity index is 298. The van der Waals surface area contributed by atoms with Crippen LogP contribution in [0.2, 0.25) is 5.15 Å².